The van der Waals surface area contributed by atoms with Crippen molar-refractivity contribution in [2.45, 2.75) is 6.54 Å². The SMILES string of the molecule is OCCn1nc(Br)cc1Br. The molecule has 56 valence electrons. The van der Waals surface area contributed by atoms with Crippen LogP contribution in [0.1, 0.15) is 0 Å². The molecule has 1 aromatic heterocycles. The fourth-order valence-electron chi connectivity index (χ4n) is 0.616. The van der Waals surface area contributed by atoms with Crippen molar-refractivity contribution < 1.29 is 5.11 Å². The molecule has 10 heavy (non-hydrogen) atoms. The van der Waals surface area contributed by atoms with Crippen molar-refractivity contribution in [3.8, 4) is 0 Å². The monoisotopic (exact) mass is 268 g/mol. The average Bonchev–Trinajstić information content (AvgIpc) is 2.13. The van der Waals surface area contributed by atoms with E-state index in [1.807, 2.05) is 6.07 Å². The number of hydrogen-bond donors (Lipinski definition) is 1. The Hall–Kier alpha value is 0.130. The molecule has 0 amide bonds. The van der Waals surface area contributed by atoms with Crippen LogP contribution in [0.15, 0.2) is 15.3 Å². The predicted octanol–water partition coefficient (Wildman–Crippen LogP) is 1.40. The second-order valence-corrected chi connectivity index (χ2v) is 3.36. The normalized spacial score (nSPS) is 10.3. The van der Waals surface area contributed by atoms with Crippen LogP contribution in [0.3, 0.4) is 0 Å². The van der Waals surface area contributed by atoms with Gasteiger partial charge in [0.05, 0.1) is 13.2 Å². The van der Waals surface area contributed by atoms with Crippen LogP contribution in [0.5, 0.6) is 0 Å². The summed E-state index contributed by atoms with van der Waals surface area (Å²) in [5.41, 5.74) is 0. The number of hydrogen-bond acceptors (Lipinski definition) is 2. The molecule has 0 aliphatic rings. The molecule has 0 atom stereocenters. The minimum atomic E-state index is 0.104. The number of rotatable bonds is 2. The van der Waals surface area contributed by atoms with Gasteiger partial charge in [0.2, 0.25) is 0 Å². The molecule has 0 bridgehead atoms. The third-order valence-corrected chi connectivity index (χ3v) is 2.04. The third-order valence-electron chi connectivity index (χ3n) is 1.01. The van der Waals surface area contributed by atoms with Gasteiger partial charge in [-0.1, -0.05) is 0 Å². The van der Waals surface area contributed by atoms with Crippen LogP contribution in [-0.2, 0) is 6.54 Å². The van der Waals surface area contributed by atoms with Crippen molar-refractivity contribution in [1.29, 1.82) is 0 Å². The molecule has 0 aliphatic heterocycles. The molecule has 0 spiro atoms. The standard InChI is InChI=1S/C5H6Br2N2O/c6-4-3-5(7)9(8-4)1-2-10/h3,10H,1-2H2. The van der Waals surface area contributed by atoms with Gasteiger partial charge in [-0.25, -0.2) is 0 Å². The van der Waals surface area contributed by atoms with E-state index in [2.05, 4.69) is 37.0 Å². The van der Waals surface area contributed by atoms with Crippen LogP contribution in [0.2, 0.25) is 0 Å². The van der Waals surface area contributed by atoms with E-state index in [9.17, 15) is 0 Å². The van der Waals surface area contributed by atoms with Crippen LogP contribution in [-0.4, -0.2) is 21.5 Å². The molecule has 0 radical (unpaired) electrons. The van der Waals surface area contributed by atoms with Crippen molar-refractivity contribution >= 4 is 31.9 Å². The maximum atomic E-state index is 8.56. The summed E-state index contributed by atoms with van der Waals surface area (Å²) in [5.74, 6) is 0. The quantitative estimate of drug-likeness (QED) is 0.882. The zero-order chi connectivity index (χ0) is 7.56. The van der Waals surface area contributed by atoms with Crippen LogP contribution in [0.4, 0.5) is 0 Å². The maximum absolute atomic E-state index is 8.56. The first-order chi connectivity index (χ1) is 4.74. The van der Waals surface area contributed by atoms with Gasteiger partial charge in [-0.3, -0.25) is 4.68 Å². The molecular weight excluding hydrogens is 264 g/mol. The Morgan fingerprint density at radius 3 is 2.70 bits per heavy atom. The lowest BCUT2D eigenvalue weighted by Crippen LogP contribution is -2.03. The summed E-state index contributed by atoms with van der Waals surface area (Å²) in [6, 6.07) is 1.83. The van der Waals surface area contributed by atoms with Gasteiger partial charge in [-0.05, 0) is 31.9 Å². The minimum Gasteiger partial charge on any atom is -0.394 e. The summed E-state index contributed by atoms with van der Waals surface area (Å²) in [4.78, 5) is 0. The summed E-state index contributed by atoms with van der Waals surface area (Å²) in [5, 5.41) is 12.6. The number of halogens is 2. The predicted molar refractivity (Wildman–Crippen MR) is 44.7 cm³/mol. The van der Waals surface area contributed by atoms with Crippen molar-refractivity contribution in [1.82, 2.24) is 9.78 Å². The fraction of sp³-hybridized carbons (Fsp3) is 0.400. The number of aliphatic hydroxyl groups is 1. The molecule has 0 saturated heterocycles. The van der Waals surface area contributed by atoms with Crippen molar-refractivity contribution in [2.24, 2.45) is 0 Å². The average molecular weight is 270 g/mol. The second-order valence-electron chi connectivity index (χ2n) is 1.74. The van der Waals surface area contributed by atoms with E-state index in [-0.39, 0.29) is 6.61 Å². The first-order valence-corrected chi connectivity index (χ1v) is 4.32. The van der Waals surface area contributed by atoms with Gasteiger partial charge in [0.15, 0.2) is 0 Å². The molecule has 3 nitrogen and oxygen atoms in total. The first-order valence-electron chi connectivity index (χ1n) is 2.73. The number of nitrogens with zero attached hydrogens (tertiary/aromatic N) is 2. The zero-order valence-corrected chi connectivity index (χ0v) is 8.26. The second kappa shape index (κ2) is 3.50. The van der Waals surface area contributed by atoms with Gasteiger partial charge in [-0.15, -0.1) is 0 Å². The molecule has 1 heterocycles. The molecule has 0 aliphatic carbocycles. The van der Waals surface area contributed by atoms with Crippen molar-refractivity contribution in [3.63, 3.8) is 0 Å². The molecule has 0 fully saturated rings. The summed E-state index contributed by atoms with van der Waals surface area (Å²) in [6.45, 7) is 0.624. The minimum absolute atomic E-state index is 0.104. The van der Waals surface area contributed by atoms with Gasteiger partial charge in [-0.2, -0.15) is 5.10 Å². The Bertz CT molecular complexity index is 223. The van der Waals surface area contributed by atoms with Crippen LogP contribution < -0.4 is 0 Å². The van der Waals surface area contributed by atoms with E-state index >= 15 is 0 Å². The Balaban J connectivity index is 2.81. The molecule has 0 unspecified atom stereocenters. The summed E-state index contributed by atoms with van der Waals surface area (Å²) in [7, 11) is 0. The lowest BCUT2D eigenvalue weighted by molar-refractivity contribution is 0.268. The highest BCUT2D eigenvalue weighted by atomic mass is 79.9. The Kier molecular flexibility index (Phi) is 2.88. The lowest BCUT2D eigenvalue weighted by atomic mass is 10.7. The van der Waals surface area contributed by atoms with Crippen LogP contribution in [0.25, 0.3) is 0 Å². The van der Waals surface area contributed by atoms with E-state index < -0.39 is 0 Å². The molecule has 1 aromatic rings. The summed E-state index contributed by atoms with van der Waals surface area (Å²) in [6.07, 6.45) is 0. The summed E-state index contributed by atoms with van der Waals surface area (Å²) >= 11 is 6.49. The molecule has 0 aromatic carbocycles. The smallest absolute Gasteiger partial charge is 0.129 e. The van der Waals surface area contributed by atoms with Gasteiger partial charge < -0.3 is 5.11 Å². The highest BCUT2D eigenvalue weighted by Gasteiger charge is 2.00. The molecule has 0 saturated carbocycles. The largest absolute Gasteiger partial charge is 0.394 e. The van der Waals surface area contributed by atoms with Gasteiger partial charge in [0.25, 0.3) is 0 Å². The van der Waals surface area contributed by atoms with Crippen LogP contribution in [0, 0.1) is 0 Å². The zero-order valence-electron chi connectivity index (χ0n) is 5.09. The van der Waals surface area contributed by atoms with E-state index in [1.165, 1.54) is 0 Å². The summed E-state index contributed by atoms with van der Waals surface area (Å²) < 4.78 is 3.31. The van der Waals surface area contributed by atoms with Crippen LogP contribution >= 0.6 is 31.9 Å². The Morgan fingerprint density at radius 1 is 1.60 bits per heavy atom. The Labute approximate surface area is 75.3 Å². The first kappa shape index (κ1) is 8.23. The van der Waals surface area contributed by atoms with Crippen molar-refractivity contribution in [2.75, 3.05) is 6.61 Å². The van der Waals surface area contributed by atoms with Crippen molar-refractivity contribution in [3.05, 3.63) is 15.3 Å². The highest BCUT2D eigenvalue weighted by Crippen LogP contribution is 2.15. The maximum Gasteiger partial charge on any atom is 0.129 e. The molecule has 5 heteroatoms. The molecular formula is C5H6Br2N2O. The van der Waals surface area contributed by atoms with E-state index in [4.69, 9.17) is 5.11 Å². The third kappa shape index (κ3) is 1.81. The van der Waals surface area contributed by atoms with E-state index in [0.717, 1.165) is 9.21 Å². The lowest BCUT2D eigenvalue weighted by Gasteiger charge is -1.96. The topological polar surface area (TPSA) is 38.0 Å². The van der Waals surface area contributed by atoms with Gasteiger partial charge in [0, 0.05) is 6.07 Å². The Morgan fingerprint density at radius 2 is 2.30 bits per heavy atom. The fourth-order valence-corrected chi connectivity index (χ4v) is 1.81. The molecule has 1 rings (SSSR count). The number of aromatic nitrogens is 2. The highest BCUT2D eigenvalue weighted by molar-refractivity contribution is 9.11. The van der Waals surface area contributed by atoms with Gasteiger partial charge in [0.1, 0.15) is 9.21 Å². The van der Waals surface area contributed by atoms with Gasteiger partial charge >= 0.3 is 0 Å². The number of aliphatic hydroxyl groups excluding tert-OH is 1. The molecule has 1 N–H and O–H groups in total. The van der Waals surface area contributed by atoms with E-state index in [1.54, 1.807) is 4.68 Å². The van der Waals surface area contributed by atoms with E-state index in [0.29, 0.717) is 6.54 Å².